The normalized spacial score (nSPS) is 13.3. The van der Waals surface area contributed by atoms with Gasteiger partial charge < -0.3 is 9.47 Å². The number of para-hydroxylation sites is 1. The average molecular weight is 297 g/mol. The van der Waals surface area contributed by atoms with Crippen LogP contribution in [0.3, 0.4) is 0 Å². The molecule has 0 fully saturated rings. The van der Waals surface area contributed by atoms with Crippen LogP contribution in [0.1, 0.15) is 5.56 Å². The van der Waals surface area contributed by atoms with Crippen LogP contribution in [0, 0.1) is 5.92 Å². The van der Waals surface area contributed by atoms with Gasteiger partial charge in [0.2, 0.25) is 0 Å². The summed E-state index contributed by atoms with van der Waals surface area (Å²) in [5.41, 5.74) is 0.909. The molecule has 1 atom stereocenters. The first-order chi connectivity index (χ1) is 8.96. The molecule has 108 valence electrons. The number of benzene rings is 1. The second-order valence-electron chi connectivity index (χ2n) is 4.17. The van der Waals surface area contributed by atoms with Crippen molar-refractivity contribution in [2.45, 2.75) is 12.6 Å². The SMILES string of the molecule is COc1ccccc1CC(CCl)COCC(F)(F)F. The lowest BCUT2D eigenvalue weighted by molar-refractivity contribution is -0.176. The monoisotopic (exact) mass is 296 g/mol. The van der Waals surface area contributed by atoms with Gasteiger partial charge in [0.15, 0.2) is 0 Å². The Morgan fingerprint density at radius 2 is 1.95 bits per heavy atom. The lowest BCUT2D eigenvalue weighted by Gasteiger charge is -2.16. The molecule has 0 saturated heterocycles. The van der Waals surface area contributed by atoms with Gasteiger partial charge in [0.05, 0.1) is 13.7 Å². The molecular formula is C13H16ClF3O2. The van der Waals surface area contributed by atoms with Crippen molar-refractivity contribution in [3.8, 4) is 5.75 Å². The van der Waals surface area contributed by atoms with Gasteiger partial charge in [-0.25, -0.2) is 0 Å². The van der Waals surface area contributed by atoms with E-state index in [2.05, 4.69) is 4.74 Å². The van der Waals surface area contributed by atoms with Gasteiger partial charge in [0.25, 0.3) is 0 Å². The summed E-state index contributed by atoms with van der Waals surface area (Å²) >= 11 is 5.76. The number of hydrogen-bond acceptors (Lipinski definition) is 2. The van der Waals surface area contributed by atoms with Gasteiger partial charge in [-0.05, 0) is 24.0 Å². The lowest BCUT2D eigenvalue weighted by Crippen LogP contribution is -2.22. The molecule has 0 aromatic heterocycles. The van der Waals surface area contributed by atoms with E-state index < -0.39 is 12.8 Å². The quantitative estimate of drug-likeness (QED) is 0.715. The van der Waals surface area contributed by atoms with Crippen LogP contribution in [-0.4, -0.2) is 32.4 Å². The number of ether oxygens (including phenoxy) is 2. The molecule has 1 rings (SSSR count). The Hall–Kier alpha value is -0.940. The highest BCUT2D eigenvalue weighted by Gasteiger charge is 2.28. The van der Waals surface area contributed by atoms with Gasteiger partial charge in [0, 0.05) is 5.88 Å². The molecule has 0 heterocycles. The van der Waals surface area contributed by atoms with Crippen molar-refractivity contribution >= 4 is 11.6 Å². The third-order valence-corrected chi connectivity index (χ3v) is 2.98. The molecular weight excluding hydrogens is 281 g/mol. The first kappa shape index (κ1) is 16.1. The number of rotatable bonds is 7. The predicted molar refractivity (Wildman–Crippen MR) is 67.8 cm³/mol. The summed E-state index contributed by atoms with van der Waals surface area (Å²) in [6, 6.07) is 7.34. The number of methoxy groups -OCH3 is 1. The van der Waals surface area contributed by atoms with Crippen molar-refractivity contribution in [3.63, 3.8) is 0 Å². The summed E-state index contributed by atoms with van der Waals surface area (Å²) in [5, 5.41) is 0. The maximum Gasteiger partial charge on any atom is 0.411 e. The summed E-state index contributed by atoms with van der Waals surface area (Å²) in [6.45, 7) is -1.27. The molecule has 0 radical (unpaired) electrons. The first-order valence-electron chi connectivity index (χ1n) is 5.78. The molecule has 2 nitrogen and oxygen atoms in total. The highest BCUT2D eigenvalue weighted by molar-refractivity contribution is 6.18. The fourth-order valence-corrected chi connectivity index (χ4v) is 1.88. The van der Waals surface area contributed by atoms with E-state index in [1.54, 1.807) is 13.2 Å². The maximum atomic E-state index is 12.0. The average Bonchev–Trinajstić information content (AvgIpc) is 2.36. The summed E-state index contributed by atoms with van der Waals surface area (Å²) in [4.78, 5) is 0. The van der Waals surface area contributed by atoms with Crippen molar-refractivity contribution in [3.05, 3.63) is 29.8 Å². The summed E-state index contributed by atoms with van der Waals surface area (Å²) in [5.74, 6) is 0.754. The van der Waals surface area contributed by atoms with E-state index >= 15 is 0 Å². The summed E-state index contributed by atoms with van der Waals surface area (Å²) in [6.07, 6.45) is -3.79. The zero-order chi connectivity index (χ0) is 14.3. The van der Waals surface area contributed by atoms with Crippen molar-refractivity contribution in [1.82, 2.24) is 0 Å². The molecule has 0 aliphatic heterocycles. The van der Waals surface area contributed by atoms with Gasteiger partial charge in [-0.1, -0.05) is 18.2 Å². The maximum absolute atomic E-state index is 12.0. The van der Waals surface area contributed by atoms with Crippen LogP contribution in [0.25, 0.3) is 0 Å². The van der Waals surface area contributed by atoms with E-state index in [0.717, 1.165) is 5.56 Å². The molecule has 0 spiro atoms. The van der Waals surface area contributed by atoms with E-state index in [-0.39, 0.29) is 18.4 Å². The molecule has 0 aliphatic rings. The van der Waals surface area contributed by atoms with Crippen molar-refractivity contribution in [2.75, 3.05) is 26.2 Å². The highest BCUT2D eigenvalue weighted by Crippen LogP contribution is 2.22. The number of hydrogen-bond donors (Lipinski definition) is 0. The Bertz CT molecular complexity index is 382. The van der Waals surface area contributed by atoms with Crippen molar-refractivity contribution in [1.29, 1.82) is 0 Å². The highest BCUT2D eigenvalue weighted by atomic mass is 35.5. The van der Waals surface area contributed by atoms with E-state index in [1.807, 2.05) is 18.2 Å². The van der Waals surface area contributed by atoms with Gasteiger partial charge in [-0.15, -0.1) is 11.6 Å². The third-order valence-electron chi connectivity index (χ3n) is 2.54. The Balaban J connectivity index is 2.52. The largest absolute Gasteiger partial charge is 0.496 e. The van der Waals surface area contributed by atoms with Gasteiger partial charge in [0.1, 0.15) is 12.4 Å². The topological polar surface area (TPSA) is 18.5 Å². The van der Waals surface area contributed by atoms with Crippen LogP contribution < -0.4 is 4.74 Å². The Kier molecular flexibility index (Phi) is 6.45. The second-order valence-corrected chi connectivity index (χ2v) is 4.48. The van der Waals surface area contributed by atoms with Crippen molar-refractivity contribution in [2.24, 2.45) is 5.92 Å². The molecule has 0 amide bonds. The van der Waals surface area contributed by atoms with Crippen LogP contribution in [0.4, 0.5) is 13.2 Å². The minimum atomic E-state index is -4.30. The predicted octanol–water partition coefficient (Wildman–Crippen LogP) is 3.67. The Morgan fingerprint density at radius 3 is 2.53 bits per heavy atom. The molecule has 19 heavy (non-hydrogen) atoms. The van der Waals surface area contributed by atoms with E-state index in [4.69, 9.17) is 16.3 Å². The first-order valence-corrected chi connectivity index (χ1v) is 6.32. The third kappa shape index (κ3) is 6.16. The number of halogens is 4. The number of alkyl halides is 4. The molecule has 0 bridgehead atoms. The minimum Gasteiger partial charge on any atom is -0.496 e. The molecule has 0 N–H and O–H groups in total. The fourth-order valence-electron chi connectivity index (χ4n) is 1.68. The van der Waals surface area contributed by atoms with Crippen LogP contribution >= 0.6 is 11.6 Å². The zero-order valence-electron chi connectivity index (χ0n) is 10.5. The second kappa shape index (κ2) is 7.60. The molecule has 1 aromatic rings. The van der Waals surface area contributed by atoms with Gasteiger partial charge >= 0.3 is 6.18 Å². The van der Waals surface area contributed by atoms with Gasteiger partial charge in [-0.3, -0.25) is 0 Å². The van der Waals surface area contributed by atoms with Crippen LogP contribution in [-0.2, 0) is 11.2 Å². The standard InChI is InChI=1S/C13H16ClF3O2/c1-18-12-5-3-2-4-11(12)6-10(7-14)8-19-9-13(15,16)17/h2-5,10H,6-9H2,1H3. The van der Waals surface area contributed by atoms with Crippen LogP contribution in [0.15, 0.2) is 24.3 Å². The molecule has 0 saturated carbocycles. The smallest absolute Gasteiger partial charge is 0.411 e. The van der Waals surface area contributed by atoms with Crippen molar-refractivity contribution < 1.29 is 22.6 Å². The molecule has 6 heteroatoms. The molecule has 0 aliphatic carbocycles. The zero-order valence-corrected chi connectivity index (χ0v) is 11.3. The van der Waals surface area contributed by atoms with E-state index in [1.165, 1.54) is 0 Å². The van der Waals surface area contributed by atoms with E-state index in [9.17, 15) is 13.2 Å². The minimum absolute atomic E-state index is 0.0267. The summed E-state index contributed by atoms with van der Waals surface area (Å²) < 4.78 is 45.8. The van der Waals surface area contributed by atoms with Crippen LogP contribution in [0.2, 0.25) is 0 Å². The van der Waals surface area contributed by atoms with E-state index in [0.29, 0.717) is 12.2 Å². The van der Waals surface area contributed by atoms with Gasteiger partial charge in [-0.2, -0.15) is 13.2 Å². The molecule has 1 aromatic carbocycles. The fraction of sp³-hybridized carbons (Fsp3) is 0.538. The summed E-state index contributed by atoms with van der Waals surface area (Å²) in [7, 11) is 1.55. The lowest BCUT2D eigenvalue weighted by atomic mass is 10.0. The van der Waals surface area contributed by atoms with Crippen LogP contribution in [0.5, 0.6) is 5.75 Å². The Morgan fingerprint density at radius 1 is 1.26 bits per heavy atom. The Labute approximate surface area is 115 Å². The molecule has 1 unspecified atom stereocenters.